The monoisotopic (exact) mass is 701 g/mol. The summed E-state index contributed by atoms with van der Waals surface area (Å²) in [6.07, 6.45) is 2.91. The maximum Gasteiger partial charge on any atom is 1.00 e. The first-order valence-corrected chi connectivity index (χ1v) is 13.6. The average Bonchev–Trinajstić information content (AvgIpc) is 2.98. The Balaban J connectivity index is 0.00000384. The predicted molar refractivity (Wildman–Crippen MR) is 153 cm³/mol. The van der Waals surface area contributed by atoms with Crippen LogP contribution in [0.1, 0.15) is 0 Å². The first kappa shape index (κ1) is 39.1. The molecule has 0 amide bonds. The molecule has 0 atom stereocenters. The summed E-state index contributed by atoms with van der Waals surface area (Å²) in [5, 5.41) is 41.7. The number of halogens is 1. The number of nitro benzene ring substituents is 1. The van der Waals surface area contributed by atoms with Crippen LogP contribution in [-0.2, 0) is 19.7 Å². The largest absolute Gasteiger partial charge is 1.00 e. The van der Waals surface area contributed by atoms with E-state index in [1.807, 2.05) is 0 Å². The normalized spacial score (nSPS) is 14.1. The summed E-state index contributed by atoms with van der Waals surface area (Å²) in [4.78, 5) is 58.7. The SMILES string of the molecule is O=C(O)C1=C/C(=N/N=c2\cc(NNc3cc(S(=O)(=O)[O-])cc(Cl)c3[O-])c(=O)/c(=N\Nc3ccc([N+](=O)[O-])cc3)c2=O)C=CC1=O.[Na+].[Na+]. The van der Waals surface area contributed by atoms with Crippen LogP contribution in [0, 0.1) is 10.1 Å². The fourth-order valence-corrected chi connectivity index (χ4v) is 4.27. The Bertz CT molecular complexity index is 2220. The fraction of sp³-hybridized carbons (Fsp3) is 0. The van der Waals surface area contributed by atoms with Gasteiger partial charge in [0.25, 0.3) is 5.69 Å². The minimum Gasteiger partial charge on any atom is -0.870 e. The van der Waals surface area contributed by atoms with Crippen LogP contribution in [0.3, 0.4) is 0 Å². The maximum atomic E-state index is 13.2. The van der Waals surface area contributed by atoms with Crippen LogP contribution in [0.15, 0.2) is 96.1 Å². The van der Waals surface area contributed by atoms with Gasteiger partial charge in [-0.3, -0.25) is 35.3 Å². The molecular formula is C25H14ClN7Na2O11S. The van der Waals surface area contributed by atoms with Gasteiger partial charge < -0.3 is 20.2 Å². The maximum absolute atomic E-state index is 13.2. The van der Waals surface area contributed by atoms with Crippen molar-refractivity contribution in [3.05, 3.63) is 113 Å². The van der Waals surface area contributed by atoms with E-state index in [9.17, 15) is 47.4 Å². The minimum atomic E-state index is -5.05. The van der Waals surface area contributed by atoms with E-state index in [-0.39, 0.29) is 76.2 Å². The van der Waals surface area contributed by atoms with Crippen molar-refractivity contribution in [3.8, 4) is 5.75 Å². The van der Waals surface area contributed by atoms with E-state index in [1.165, 1.54) is 12.1 Å². The number of benzene rings is 3. The van der Waals surface area contributed by atoms with Crippen LogP contribution in [-0.4, -0.2) is 40.5 Å². The van der Waals surface area contributed by atoms with Crippen LogP contribution in [0.25, 0.3) is 0 Å². The Morgan fingerprint density at radius 1 is 0.936 bits per heavy atom. The Morgan fingerprint density at radius 2 is 1.57 bits per heavy atom. The number of hydrogen-bond acceptors (Lipinski definition) is 16. The van der Waals surface area contributed by atoms with Gasteiger partial charge in [0.2, 0.25) is 10.9 Å². The van der Waals surface area contributed by atoms with Crippen molar-refractivity contribution in [2.45, 2.75) is 4.90 Å². The third-order valence-electron chi connectivity index (χ3n) is 5.67. The molecular weight excluding hydrogens is 688 g/mol. The summed E-state index contributed by atoms with van der Waals surface area (Å²) in [5.74, 6) is -3.32. The number of nitrogens with zero attached hydrogens (tertiary/aromatic N) is 4. The molecule has 0 saturated heterocycles. The summed E-state index contributed by atoms with van der Waals surface area (Å²) < 4.78 is 34.3. The quantitative estimate of drug-likeness (QED) is 0.0403. The fourth-order valence-electron chi connectivity index (χ4n) is 3.47. The number of carboxylic acids is 1. The summed E-state index contributed by atoms with van der Waals surface area (Å²) in [7, 11) is -5.05. The molecule has 0 aromatic heterocycles. The Hall–Kier alpha value is -4.05. The Kier molecular flexibility index (Phi) is 13.5. The minimum absolute atomic E-state index is 0. The smallest absolute Gasteiger partial charge is 0.870 e. The van der Waals surface area contributed by atoms with Gasteiger partial charge in [0.15, 0.2) is 11.1 Å². The molecule has 230 valence electrons. The van der Waals surface area contributed by atoms with Crippen molar-refractivity contribution < 1.29 is 96.8 Å². The number of allylic oxidation sites excluding steroid dienone is 3. The molecule has 3 aromatic rings. The molecule has 22 heteroatoms. The van der Waals surface area contributed by atoms with Crippen LogP contribution < -0.4 is 102 Å². The summed E-state index contributed by atoms with van der Waals surface area (Å²) in [6, 6.07) is 6.85. The number of nitrogens with one attached hydrogen (secondary N) is 3. The summed E-state index contributed by atoms with van der Waals surface area (Å²) >= 11 is 5.74. The Labute approximate surface area is 311 Å². The van der Waals surface area contributed by atoms with E-state index in [2.05, 4.69) is 31.6 Å². The number of nitro groups is 1. The number of carbonyl (C=O) groups excluding carboxylic acids is 1. The zero-order valence-corrected chi connectivity index (χ0v) is 29.5. The zero-order valence-electron chi connectivity index (χ0n) is 23.9. The molecule has 0 spiro atoms. The van der Waals surface area contributed by atoms with Crippen molar-refractivity contribution in [2.24, 2.45) is 15.3 Å². The van der Waals surface area contributed by atoms with Crippen molar-refractivity contribution in [1.82, 2.24) is 0 Å². The molecule has 0 heterocycles. The van der Waals surface area contributed by atoms with E-state index >= 15 is 0 Å². The number of carbonyl (C=O) groups is 2. The van der Waals surface area contributed by atoms with E-state index in [1.54, 1.807) is 0 Å². The van der Waals surface area contributed by atoms with E-state index < -0.39 is 81.0 Å². The van der Waals surface area contributed by atoms with Gasteiger partial charge in [-0.2, -0.15) is 10.2 Å². The molecule has 0 saturated carbocycles. The topological polar surface area (TPSA) is 285 Å². The van der Waals surface area contributed by atoms with Crippen molar-refractivity contribution in [2.75, 3.05) is 16.3 Å². The van der Waals surface area contributed by atoms with Gasteiger partial charge >= 0.3 is 65.1 Å². The first-order chi connectivity index (χ1) is 21.1. The second-order valence-electron chi connectivity index (χ2n) is 8.65. The van der Waals surface area contributed by atoms with E-state index in [0.29, 0.717) is 12.1 Å². The standard InChI is InChI=1S/C25H16ClN7O11S.2Na/c26-16-8-14(45(42,43)44)9-17(22(16)35)30-31-19-10-18(29-28-12-3-6-20(34)15(7-12)25(38)39)23(36)21(24(19)37)32-27-11-1-4-13(5-2-11)33(40)41;;/h1-10,27,30-31,35H,(H,38,39)(H,42,43,44);;/q;2*+1/p-2/b28-12+,29-18+,32-21-;;. The third-order valence-corrected chi connectivity index (χ3v) is 6.76. The molecule has 0 aliphatic heterocycles. The number of hydrogen-bond donors (Lipinski definition) is 4. The van der Waals surface area contributed by atoms with Crippen LogP contribution >= 0.6 is 11.6 Å². The molecule has 1 aliphatic rings. The molecule has 0 unspecified atom stereocenters. The number of aliphatic carboxylic acids is 1. The molecule has 0 radical (unpaired) electrons. The van der Waals surface area contributed by atoms with Crippen molar-refractivity contribution in [1.29, 1.82) is 0 Å². The molecule has 4 rings (SSSR count). The van der Waals surface area contributed by atoms with Gasteiger partial charge in [0, 0.05) is 22.8 Å². The van der Waals surface area contributed by atoms with Crippen molar-refractivity contribution >= 4 is 61.9 Å². The van der Waals surface area contributed by atoms with Crippen LogP contribution in [0.5, 0.6) is 5.75 Å². The second-order valence-corrected chi connectivity index (χ2v) is 10.4. The number of hydrazine groups is 1. The van der Waals surface area contributed by atoms with Gasteiger partial charge in [0.1, 0.15) is 26.7 Å². The number of carboxylic acid groups (broad SMARTS) is 1. The number of ketones is 1. The van der Waals surface area contributed by atoms with Crippen molar-refractivity contribution in [3.63, 3.8) is 0 Å². The average molecular weight is 702 g/mol. The first-order valence-electron chi connectivity index (χ1n) is 11.9. The number of anilines is 3. The van der Waals surface area contributed by atoms with E-state index in [0.717, 1.165) is 36.4 Å². The third kappa shape index (κ3) is 9.50. The van der Waals surface area contributed by atoms with Crippen LogP contribution in [0.4, 0.5) is 22.7 Å². The second kappa shape index (κ2) is 16.2. The molecule has 0 fully saturated rings. The van der Waals surface area contributed by atoms with Gasteiger partial charge in [-0.05, 0) is 48.6 Å². The van der Waals surface area contributed by atoms with Gasteiger partial charge in [-0.1, -0.05) is 17.4 Å². The zero-order chi connectivity index (χ0) is 33.1. The molecule has 3 aromatic carbocycles. The van der Waals surface area contributed by atoms with Gasteiger partial charge in [-0.25, -0.2) is 13.2 Å². The molecule has 18 nitrogen and oxygen atoms in total. The van der Waals surface area contributed by atoms with Gasteiger partial charge in [0.05, 0.1) is 21.2 Å². The van der Waals surface area contributed by atoms with Crippen LogP contribution in [0.2, 0.25) is 5.02 Å². The molecule has 4 N–H and O–H groups in total. The Morgan fingerprint density at radius 3 is 2.17 bits per heavy atom. The predicted octanol–water partition coefficient (Wildman–Crippen LogP) is -6.40. The molecule has 0 bridgehead atoms. The molecule has 1 aliphatic carbocycles. The number of non-ortho nitro benzene ring substituents is 1. The van der Waals surface area contributed by atoms with E-state index in [4.69, 9.17) is 16.7 Å². The number of rotatable bonds is 9. The van der Waals surface area contributed by atoms with Gasteiger partial charge in [-0.15, -0.1) is 5.10 Å². The summed E-state index contributed by atoms with van der Waals surface area (Å²) in [5.41, 5.74) is 2.71. The molecule has 47 heavy (non-hydrogen) atoms. The summed E-state index contributed by atoms with van der Waals surface area (Å²) in [6.45, 7) is 0.